The Hall–Kier alpha value is -2.14. The summed E-state index contributed by atoms with van der Waals surface area (Å²) in [6.07, 6.45) is 1.64. The van der Waals surface area contributed by atoms with Crippen molar-refractivity contribution in [2.75, 3.05) is 27.2 Å². The standard InChI is InChI=1S/C16H22N4O/c1-12-7-5-6-8-15(12)20-13(2)14(11-18-20)16(21)17-9-10-19(3)4/h5-8,11H,9-10H2,1-4H3,(H,17,21)/p+1. The van der Waals surface area contributed by atoms with Gasteiger partial charge in [0.1, 0.15) is 0 Å². The minimum Gasteiger partial charge on any atom is -0.346 e. The summed E-state index contributed by atoms with van der Waals surface area (Å²) in [6.45, 7) is 5.52. The molecule has 0 radical (unpaired) electrons. The first kappa shape index (κ1) is 15.3. The van der Waals surface area contributed by atoms with E-state index in [0.717, 1.165) is 23.5 Å². The van der Waals surface area contributed by atoms with Crippen LogP contribution in [0.15, 0.2) is 30.5 Å². The highest BCUT2D eigenvalue weighted by Crippen LogP contribution is 2.17. The Balaban J connectivity index is 2.17. The van der Waals surface area contributed by atoms with Crippen molar-refractivity contribution in [3.05, 3.63) is 47.3 Å². The molecular weight excluding hydrogens is 264 g/mol. The molecule has 1 heterocycles. The molecule has 0 saturated heterocycles. The summed E-state index contributed by atoms with van der Waals surface area (Å²) in [4.78, 5) is 13.5. The Morgan fingerprint density at radius 3 is 2.67 bits per heavy atom. The zero-order valence-corrected chi connectivity index (χ0v) is 13.1. The van der Waals surface area contributed by atoms with Crippen LogP contribution in [0, 0.1) is 13.8 Å². The molecule has 0 aliphatic carbocycles. The molecule has 2 N–H and O–H groups in total. The van der Waals surface area contributed by atoms with Crippen molar-refractivity contribution in [1.82, 2.24) is 15.1 Å². The number of hydrogen-bond donors (Lipinski definition) is 2. The van der Waals surface area contributed by atoms with E-state index >= 15 is 0 Å². The van der Waals surface area contributed by atoms with E-state index in [9.17, 15) is 4.79 Å². The first-order valence-electron chi connectivity index (χ1n) is 7.18. The van der Waals surface area contributed by atoms with Crippen molar-refractivity contribution in [2.45, 2.75) is 13.8 Å². The summed E-state index contributed by atoms with van der Waals surface area (Å²) in [5.41, 5.74) is 3.63. The molecule has 0 unspecified atom stereocenters. The van der Waals surface area contributed by atoms with Crippen LogP contribution >= 0.6 is 0 Å². The second kappa shape index (κ2) is 6.54. The second-order valence-corrected chi connectivity index (χ2v) is 5.55. The van der Waals surface area contributed by atoms with Crippen molar-refractivity contribution in [3.63, 3.8) is 0 Å². The molecule has 0 saturated carbocycles. The third kappa shape index (κ3) is 3.49. The fourth-order valence-electron chi connectivity index (χ4n) is 2.20. The second-order valence-electron chi connectivity index (χ2n) is 5.55. The molecule has 0 fully saturated rings. The van der Waals surface area contributed by atoms with Gasteiger partial charge in [0.2, 0.25) is 0 Å². The van der Waals surface area contributed by atoms with E-state index in [1.54, 1.807) is 6.20 Å². The van der Waals surface area contributed by atoms with Gasteiger partial charge in [0.25, 0.3) is 5.91 Å². The lowest BCUT2D eigenvalue weighted by Gasteiger charge is -2.09. The predicted molar refractivity (Wildman–Crippen MR) is 83.0 cm³/mol. The molecule has 0 atom stereocenters. The van der Waals surface area contributed by atoms with Crippen LogP contribution in [-0.2, 0) is 0 Å². The van der Waals surface area contributed by atoms with E-state index < -0.39 is 0 Å². The Morgan fingerprint density at radius 2 is 2.00 bits per heavy atom. The van der Waals surface area contributed by atoms with Gasteiger partial charge in [-0.1, -0.05) is 18.2 Å². The Bertz CT molecular complexity index is 631. The molecule has 5 heteroatoms. The maximum atomic E-state index is 12.2. The van der Waals surface area contributed by atoms with E-state index in [-0.39, 0.29) is 5.91 Å². The van der Waals surface area contributed by atoms with Gasteiger partial charge in [-0.05, 0) is 25.5 Å². The van der Waals surface area contributed by atoms with Crippen LogP contribution in [0.3, 0.4) is 0 Å². The van der Waals surface area contributed by atoms with Gasteiger partial charge in [-0.3, -0.25) is 4.79 Å². The number of rotatable bonds is 5. The number of nitrogens with one attached hydrogen (secondary N) is 2. The number of para-hydroxylation sites is 1. The number of nitrogens with zero attached hydrogens (tertiary/aromatic N) is 2. The van der Waals surface area contributed by atoms with Crippen molar-refractivity contribution in [3.8, 4) is 5.69 Å². The maximum absolute atomic E-state index is 12.2. The molecule has 2 aromatic rings. The third-order valence-electron chi connectivity index (χ3n) is 3.51. The van der Waals surface area contributed by atoms with Crippen molar-refractivity contribution in [2.24, 2.45) is 0 Å². The lowest BCUT2D eigenvalue weighted by Crippen LogP contribution is -3.06. The van der Waals surface area contributed by atoms with Crippen LogP contribution in [0.1, 0.15) is 21.6 Å². The number of likely N-dealkylation sites (N-methyl/N-ethyl adjacent to an activating group) is 1. The topological polar surface area (TPSA) is 51.4 Å². The molecule has 112 valence electrons. The SMILES string of the molecule is Cc1ccccc1-n1ncc(C(=O)NCC[NH+](C)C)c1C. The van der Waals surface area contributed by atoms with Crippen LogP contribution in [0.4, 0.5) is 0 Å². The average molecular weight is 287 g/mol. The van der Waals surface area contributed by atoms with Gasteiger partial charge in [-0.2, -0.15) is 5.10 Å². The van der Waals surface area contributed by atoms with Gasteiger partial charge in [0, 0.05) is 0 Å². The fourth-order valence-corrected chi connectivity index (χ4v) is 2.20. The largest absolute Gasteiger partial charge is 0.346 e. The molecule has 5 nitrogen and oxygen atoms in total. The lowest BCUT2D eigenvalue weighted by molar-refractivity contribution is -0.856. The number of aryl methyl sites for hydroxylation is 1. The van der Waals surface area contributed by atoms with E-state index in [1.165, 1.54) is 4.90 Å². The number of quaternary nitrogens is 1. The van der Waals surface area contributed by atoms with Crippen molar-refractivity contribution < 1.29 is 9.69 Å². The quantitative estimate of drug-likeness (QED) is 0.834. The van der Waals surface area contributed by atoms with E-state index in [4.69, 9.17) is 0 Å². The maximum Gasteiger partial charge on any atom is 0.254 e. The molecular formula is C16H23N4O+. The Kier molecular flexibility index (Phi) is 4.75. The normalized spacial score (nSPS) is 10.9. The molecule has 1 aromatic carbocycles. The van der Waals surface area contributed by atoms with Gasteiger partial charge < -0.3 is 10.2 Å². The summed E-state index contributed by atoms with van der Waals surface area (Å²) in [6, 6.07) is 8.01. The number of hydrogen-bond acceptors (Lipinski definition) is 2. The Morgan fingerprint density at radius 1 is 1.29 bits per heavy atom. The van der Waals surface area contributed by atoms with Crippen LogP contribution in [0.25, 0.3) is 5.69 Å². The van der Waals surface area contributed by atoms with Crippen LogP contribution in [-0.4, -0.2) is 42.9 Å². The molecule has 1 aromatic heterocycles. The summed E-state index contributed by atoms with van der Waals surface area (Å²) >= 11 is 0. The molecule has 0 spiro atoms. The monoisotopic (exact) mass is 287 g/mol. The zero-order valence-electron chi connectivity index (χ0n) is 13.1. The van der Waals surface area contributed by atoms with E-state index in [2.05, 4.69) is 24.5 Å². The molecule has 0 aliphatic heterocycles. The first-order chi connectivity index (χ1) is 10.0. The van der Waals surface area contributed by atoms with E-state index in [0.29, 0.717) is 12.1 Å². The van der Waals surface area contributed by atoms with Crippen LogP contribution in [0.2, 0.25) is 0 Å². The summed E-state index contributed by atoms with van der Waals surface area (Å²) in [5.74, 6) is -0.0615. The van der Waals surface area contributed by atoms with Gasteiger partial charge in [-0.25, -0.2) is 4.68 Å². The first-order valence-corrected chi connectivity index (χ1v) is 7.18. The number of aromatic nitrogens is 2. The zero-order chi connectivity index (χ0) is 15.4. The molecule has 1 amide bonds. The smallest absolute Gasteiger partial charge is 0.254 e. The molecule has 21 heavy (non-hydrogen) atoms. The lowest BCUT2D eigenvalue weighted by atomic mass is 10.2. The number of carbonyl (C=O) groups is 1. The highest BCUT2D eigenvalue weighted by Gasteiger charge is 2.15. The van der Waals surface area contributed by atoms with Crippen molar-refractivity contribution in [1.29, 1.82) is 0 Å². The minimum atomic E-state index is -0.0615. The third-order valence-corrected chi connectivity index (χ3v) is 3.51. The van der Waals surface area contributed by atoms with Crippen LogP contribution in [0.5, 0.6) is 0 Å². The number of amides is 1. The number of carbonyl (C=O) groups excluding carboxylic acids is 1. The molecule has 2 rings (SSSR count). The van der Waals surface area contributed by atoms with Gasteiger partial charge in [0.05, 0.1) is 50.3 Å². The summed E-state index contributed by atoms with van der Waals surface area (Å²) in [7, 11) is 4.13. The highest BCUT2D eigenvalue weighted by molar-refractivity contribution is 5.95. The van der Waals surface area contributed by atoms with Crippen molar-refractivity contribution >= 4 is 5.91 Å². The molecule has 0 aliphatic rings. The average Bonchev–Trinajstić information content (AvgIpc) is 2.80. The fraction of sp³-hybridized carbons (Fsp3) is 0.375. The summed E-state index contributed by atoms with van der Waals surface area (Å²) < 4.78 is 1.82. The van der Waals surface area contributed by atoms with Gasteiger partial charge >= 0.3 is 0 Å². The highest BCUT2D eigenvalue weighted by atomic mass is 16.1. The van der Waals surface area contributed by atoms with Crippen LogP contribution < -0.4 is 10.2 Å². The number of benzene rings is 1. The Labute approximate surface area is 125 Å². The minimum absolute atomic E-state index is 0.0615. The van der Waals surface area contributed by atoms with Gasteiger partial charge in [0.15, 0.2) is 0 Å². The summed E-state index contributed by atoms with van der Waals surface area (Å²) in [5, 5.41) is 7.30. The van der Waals surface area contributed by atoms with E-state index in [1.807, 2.05) is 42.8 Å². The predicted octanol–water partition coefficient (Wildman–Crippen LogP) is 0.363. The van der Waals surface area contributed by atoms with Gasteiger partial charge in [-0.15, -0.1) is 0 Å². The molecule has 0 bridgehead atoms.